The molecule has 0 saturated heterocycles. The summed E-state index contributed by atoms with van der Waals surface area (Å²) in [7, 11) is 0. The van der Waals surface area contributed by atoms with Crippen LogP contribution in [0.2, 0.25) is 0 Å². The van der Waals surface area contributed by atoms with Crippen LogP contribution in [0.25, 0.3) is 0 Å². The second-order valence-corrected chi connectivity index (χ2v) is 2.63. The fraction of sp³-hybridized carbons (Fsp3) is 0. The van der Waals surface area contributed by atoms with Gasteiger partial charge in [0.25, 0.3) is 5.56 Å². The topological polar surface area (TPSA) is 22.0 Å². The van der Waals surface area contributed by atoms with Gasteiger partial charge in [0.15, 0.2) is 0 Å². The highest BCUT2D eigenvalue weighted by molar-refractivity contribution is 14.1. The SMILES string of the molecule is O=c1c(I)cccn1F. The molecule has 0 atom stereocenters. The fourth-order valence-electron chi connectivity index (χ4n) is 0.444. The summed E-state index contributed by atoms with van der Waals surface area (Å²) in [6, 6.07) is 3.03. The minimum absolute atomic E-state index is 0.0573. The zero-order chi connectivity index (χ0) is 6.85. The van der Waals surface area contributed by atoms with Crippen molar-refractivity contribution in [3.05, 3.63) is 32.3 Å². The van der Waals surface area contributed by atoms with Gasteiger partial charge in [0.05, 0.1) is 3.57 Å². The first kappa shape index (κ1) is 6.73. The molecule has 48 valence electrons. The lowest BCUT2D eigenvalue weighted by Crippen LogP contribution is -2.14. The molecule has 0 aliphatic heterocycles. The van der Waals surface area contributed by atoms with E-state index in [1.54, 1.807) is 28.7 Å². The normalized spacial score (nSPS) is 9.56. The maximum atomic E-state index is 12.2. The molecule has 9 heavy (non-hydrogen) atoms. The first-order valence-corrected chi connectivity index (χ1v) is 3.33. The molecule has 0 fully saturated rings. The molecule has 0 saturated carbocycles. The number of rotatable bonds is 0. The van der Waals surface area contributed by atoms with Gasteiger partial charge in [-0.2, -0.15) is 0 Å². The summed E-state index contributed by atoms with van der Waals surface area (Å²) in [6.07, 6.45) is 1.07. The van der Waals surface area contributed by atoms with Crippen molar-refractivity contribution in [1.29, 1.82) is 0 Å². The Morgan fingerprint density at radius 1 is 1.67 bits per heavy atom. The van der Waals surface area contributed by atoms with Crippen LogP contribution < -0.4 is 5.56 Å². The van der Waals surface area contributed by atoms with E-state index in [0.717, 1.165) is 6.20 Å². The molecule has 0 spiro atoms. The molecule has 0 amide bonds. The number of hydrogen-bond donors (Lipinski definition) is 0. The highest BCUT2D eigenvalue weighted by Crippen LogP contribution is 1.94. The molecule has 0 aliphatic rings. The predicted molar refractivity (Wildman–Crippen MR) is 39.9 cm³/mol. The molecule has 0 aromatic carbocycles. The first-order chi connectivity index (χ1) is 4.22. The Kier molecular flexibility index (Phi) is 1.84. The van der Waals surface area contributed by atoms with Crippen molar-refractivity contribution < 1.29 is 4.48 Å². The Hall–Kier alpha value is -0.390. The van der Waals surface area contributed by atoms with Crippen LogP contribution in [0.5, 0.6) is 0 Å². The number of halogens is 2. The Bertz CT molecular complexity index is 247. The number of nitrogens with zero attached hydrogens (tertiary/aromatic N) is 1. The molecule has 0 bridgehead atoms. The lowest BCUT2D eigenvalue weighted by Gasteiger charge is -1.88. The third-order valence-electron chi connectivity index (χ3n) is 0.858. The van der Waals surface area contributed by atoms with Crippen LogP contribution in [-0.2, 0) is 0 Å². The van der Waals surface area contributed by atoms with Crippen molar-refractivity contribution in [2.24, 2.45) is 0 Å². The highest BCUT2D eigenvalue weighted by Gasteiger charge is 1.94. The van der Waals surface area contributed by atoms with E-state index in [1.165, 1.54) is 6.07 Å². The van der Waals surface area contributed by atoms with Gasteiger partial charge in [0, 0.05) is 6.20 Å². The van der Waals surface area contributed by atoms with Gasteiger partial charge in [0.2, 0.25) is 0 Å². The molecule has 1 aromatic heterocycles. The van der Waals surface area contributed by atoms with E-state index in [2.05, 4.69) is 0 Å². The Morgan fingerprint density at radius 2 is 2.33 bits per heavy atom. The van der Waals surface area contributed by atoms with Crippen molar-refractivity contribution in [2.75, 3.05) is 0 Å². The van der Waals surface area contributed by atoms with Gasteiger partial charge in [-0.1, -0.05) is 4.48 Å². The third-order valence-corrected chi connectivity index (χ3v) is 1.68. The molecule has 0 aliphatic carbocycles. The molecule has 0 unspecified atom stereocenters. The average Bonchev–Trinajstić information content (AvgIpc) is 1.83. The second kappa shape index (κ2) is 2.47. The molecule has 1 rings (SSSR count). The largest absolute Gasteiger partial charge is 0.291 e. The summed E-state index contributed by atoms with van der Waals surface area (Å²) < 4.78 is 12.6. The van der Waals surface area contributed by atoms with Crippen LogP contribution in [0.15, 0.2) is 23.1 Å². The molecule has 0 N–H and O–H groups in total. The molecule has 0 radical (unpaired) electrons. The summed E-state index contributed by atoms with van der Waals surface area (Å²) in [5.74, 6) is 0. The quantitative estimate of drug-likeness (QED) is 0.623. The van der Waals surface area contributed by atoms with Crippen molar-refractivity contribution in [3.8, 4) is 0 Å². The van der Waals surface area contributed by atoms with Gasteiger partial charge in [-0.3, -0.25) is 4.79 Å². The predicted octanol–water partition coefficient (Wildman–Crippen LogP) is 1.19. The molecular weight excluding hydrogens is 236 g/mol. The zero-order valence-electron chi connectivity index (χ0n) is 4.34. The third kappa shape index (κ3) is 1.29. The molecule has 1 heterocycles. The lowest BCUT2D eigenvalue weighted by molar-refractivity contribution is 0.351. The summed E-state index contributed by atoms with van der Waals surface area (Å²) >= 11 is 1.78. The smallest absolute Gasteiger partial charge is 0.266 e. The monoisotopic (exact) mass is 239 g/mol. The maximum absolute atomic E-state index is 12.2. The van der Waals surface area contributed by atoms with E-state index < -0.39 is 5.56 Å². The van der Waals surface area contributed by atoms with E-state index >= 15 is 0 Å². The summed E-state index contributed by atoms with van der Waals surface area (Å²) in [6.45, 7) is 0. The van der Waals surface area contributed by atoms with Crippen molar-refractivity contribution in [3.63, 3.8) is 0 Å². The van der Waals surface area contributed by atoms with Crippen LogP contribution in [0.4, 0.5) is 4.48 Å². The standard InChI is InChI=1S/C5H3FINO/c6-8-3-1-2-4(7)5(8)9/h1-3H. The van der Waals surface area contributed by atoms with Crippen LogP contribution in [0, 0.1) is 3.57 Å². The highest BCUT2D eigenvalue weighted by atomic mass is 127. The summed E-state index contributed by atoms with van der Waals surface area (Å²) in [5.41, 5.74) is -0.599. The van der Waals surface area contributed by atoms with Gasteiger partial charge in [-0.25, -0.2) is 0 Å². The van der Waals surface area contributed by atoms with E-state index in [1.807, 2.05) is 0 Å². The van der Waals surface area contributed by atoms with Gasteiger partial charge < -0.3 is 0 Å². The van der Waals surface area contributed by atoms with E-state index in [4.69, 9.17) is 0 Å². The van der Waals surface area contributed by atoms with Gasteiger partial charge >= 0.3 is 0 Å². The van der Waals surface area contributed by atoms with Crippen LogP contribution >= 0.6 is 22.6 Å². The van der Waals surface area contributed by atoms with Gasteiger partial charge in [-0.15, -0.1) is 4.79 Å². The fourth-order valence-corrected chi connectivity index (χ4v) is 0.882. The van der Waals surface area contributed by atoms with Gasteiger partial charge in [-0.05, 0) is 34.7 Å². The van der Waals surface area contributed by atoms with E-state index in [-0.39, 0.29) is 4.79 Å². The van der Waals surface area contributed by atoms with Crippen molar-refractivity contribution in [1.82, 2.24) is 4.79 Å². The maximum Gasteiger partial charge on any atom is 0.291 e. The van der Waals surface area contributed by atoms with E-state index in [0.29, 0.717) is 3.57 Å². The molecule has 2 nitrogen and oxygen atoms in total. The number of pyridine rings is 1. The molecule has 1 aromatic rings. The van der Waals surface area contributed by atoms with E-state index in [9.17, 15) is 9.28 Å². The average molecular weight is 239 g/mol. The number of hydrogen-bond acceptors (Lipinski definition) is 1. The zero-order valence-corrected chi connectivity index (χ0v) is 6.50. The van der Waals surface area contributed by atoms with Crippen LogP contribution in [0.3, 0.4) is 0 Å². The summed E-state index contributed by atoms with van der Waals surface area (Å²) in [5, 5.41) is 0. The molecular formula is C5H3FINO. The van der Waals surface area contributed by atoms with Gasteiger partial charge in [0.1, 0.15) is 0 Å². The van der Waals surface area contributed by atoms with Crippen molar-refractivity contribution in [2.45, 2.75) is 0 Å². The molecule has 4 heteroatoms. The first-order valence-electron chi connectivity index (χ1n) is 2.25. The minimum atomic E-state index is -0.599. The second-order valence-electron chi connectivity index (χ2n) is 1.47. The lowest BCUT2D eigenvalue weighted by atomic mass is 10.5. The summed E-state index contributed by atoms with van der Waals surface area (Å²) in [4.78, 5) is 10.6. The van der Waals surface area contributed by atoms with Crippen LogP contribution in [0.1, 0.15) is 0 Å². The Balaban J connectivity index is 3.43. The minimum Gasteiger partial charge on any atom is -0.266 e. The number of aromatic nitrogens is 1. The Labute approximate surface area is 64.4 Å². The van der Waals surface area contributed by atoms with Crippen molar-refractivity contribution >= 4 is 22.6 Å². The Morgan fingerprint density at radius 3 is 2.78 bits per heavy atom. The van der Waals surface area contributed by atoms with Crippen LogP contribution in [-0.4, -0.2) is 4.79 Å².